The number of allylic oxidation sites excluding steroid dienone is 1. The second-order valence-electron chi connectivity index (χ2n) is 4.05. The number of ether oxygens (including phenoxy) is 1. The van der Waals surface area contributed by atoms with Gasteiger partial charge in [-0.3, -0.25) is 0 Å². The Balaban J connectivity index is 1.95. The van der Waals surface area contributed by atoms with Crippen molar-refractivity contribution in [3.63, 3.8) is 0 Å². The van der Waals surface area contributed by atoms with Crippen molar-refractivity contribution < 1.29 is 17.9 Å². The maximum Gasteiger partial charge on any atom is 0.449 e. The van der Waals surface area contributed by atoms with E-state index in [1.165, 1.54) is 11.7 Å². The zero-order valence-corrected chi connectivity index (χ0v) is 11.9. The first-order valence-electron chi connectivity index (χ1n) is 5.68. The van der Waals surface area contributed by atoms with Crippen LogP contribution in [0, 0.1) is 0 Å². The van der Waals surface area contributed by atoms with E-state index in [0.29, 0.717) is 42.1 Å². The molecule has 1 aliphatic rings. The van der Waals surface area contributed by atoms with Crippen molar-refractivity contribution in [2.45, 2.75) is 23.3 Å². The summed E-state index contributed by atoms with van der Waals surface area (Å²) in [5.74, 6) is 0.403. The highest BCUT2D eigenvalue weighted by molar-refractivity contribution is 8.19. The molecule has 1 aliphatic heterocycles. The molecule has 0 N–H and O–H groups in total. The van der Waals surface area contributed by atoms with Crippen molar-refractivity contribution in [3.05, 3.63) is 47.1 Å². The number of thioether (sulfide) groups is 2. The van der Waals surface area contributed by atoms with Crippen molar-refractivity contribution >= 4 is 23.5 Å². The van der Waals surface area contributed by atoms with E-state index in [9.17, 15) is 13.2 Å². The van der Waals surface area contributed by atoms with E-state index in [-0.39, 0.29) is 0 Å². The van der Waals surface area contributed by atoms with Gasteiger partial charge < -0.3 is 4.74 Å². The fourth-order valence-corrected chi connectivity index (χ4v) is 3.41. The smallest absolute Gasteiger partial charge is 0.449 e. The van der Waals surface area contributed by atoms with Gasteiger partial charge in [-0.25, -0.2) is 0 Å². The van der Waals surface area contributed by atoms with Gasteiger partial charge in [-0.15, -0.1) is 0 Å². The molecule has 1 atom stereocenters. The number of rotatable bonds is 4. The van der Waals surface area contributed by atoms with Gasteiger partial charge in [0.1, 0.15) is 5.76 Å². The standard InChI is InChI=1S/C13H13F3OS2/c1-18-13(12(14,15)16)17-11(9-19-13)8-7-10-5-3-2-4-6-10/h2-6,9H,7-8H2,1H3. The van der Waals surface area contributed by atoms with Crippen LogP contribution in [0.3, 0.4) is 0 Å². The van der Waals surface area contributed by atoms with Crippen molar-refractivity contribution in [1.29, 1.82) is 0 Å². The highest BCUT2D eigenvalue weighted by Crippen LogP contribution is 2.55. The number of hydrogen-bond acceptors (Lipinski definition) is 3. The summed E-state index contributed by atoms with van der Waals surface area (Å²) in [7, 11) is 0. The predicted octanol–water partition coefficient (Wildman–Crippen LogP) is 4.80. The van der Waals surface area contributed by atoms with Crippen LogP contribution in [0.25, 0.3) is 0 Å². The molecule has 19 heavy (non-hydrogen) atoms. The normalized spacial score (nSPS) is 23.1. The summed E-state index contributed by atoms with van der Waals surface area (Å²) in [4.78, 5) is 0. The van der Waals surface area contributed by atoms with Gasteiger partial charge in [0.2, 0.25) is 0 Å². The Bertz CT molecular complexity index is 459. The van der Waals surface area contributed by atoms with Gasteiger partial charge in [0, 0.05) is 11.8 Å². The molecule has 6 heteroatoms. The molecule has 0 fully saturated rings. The second kappa shape index (κ2) is 5.71. The van der Waals surface area contributed by atoms with Gasteiger partial charge in [0.05, 0.1) is 0 Å². The Morgan fingerprint density at radius 1 is 1.21 bits per heavy atom. The number of aryl methyl sites for hydroxylation is 1. The summed E-state index contributed by atoms with van der Waals surface area (Å²) in [5, 5.41) is 1.48. The third-order valence-electron chi connectivity index (χ3n) is 2.73. The summed E-state index contributed by atoms with van der Waals surface area (Å²) in [6.07, 6.45) is -1.82. The first kappa shape index (κ1) is 14.7. The van der Waals surface area contributed by atoms with Gasteiger partial charge in [-0.05, 0) is 18.2 Å². The van der Waals surface area contributed by atoms with Crippen molar-refractivity contribution in [3.8, 4) is 0 Å². The van der Waals surface area contributed by atoms with Crippen molar-refractivity contribution in [2.75, 3.05) is 6.26 Å². The lowest BCUT2D eigenvalue weighted by atomic mass is 10.1. The molecule has 0 aromatic heterocycles. The molecule has 1 nitrogen and oxygen atoms in total. The molecule has 0 saturated carbocycles. The van der Waals surface area contributed by atoms with Crippen LogP contribution in [0.5, 0.6) is 0 Å². The molecule has 0 amide bonds. The van der Waals surface area contributed by atoms with E-state index in [1.54, 1.807) is 0 Å². The molecule has 0 bridgehead atoms. The Morgan fingerprint density at radius 3 is 2.42 bits per heavy atom. The molecule has 2 rings (SSSR count). The van der Waals surface area contributed by atoms with Crippen LogP contribution in [-0.2, 0) is 11.2 Å². The monoisotopic (exact) mass is 306 g/mol. The summed E-state index contributed by atoms with van der Waals surface area (Å²) in [6.45, 7) is 0. The first-order valence-corrected chi connectivity index (χ1v) is 7.79. The molecule has 1 aromatic carbocycles. The first-order chi connectivity index (χ1) is 8.97. The lowest BCUT2D eigenvalue weighted by molar-refractivity contribution is -0.190. The highest BCUT2D eigenvalue weighted by Gasteiger charge is 2.60. The van der Waals surface area contributed by atoms with Crippen LogP contribution >= 0.6 is 23.5 Å². The molecule has 104 valence electrons. The Labute approximate surface area is 118 Å². The predicted molar refractivity (Wildman–Crippen MR) is 73.8 cm³/mol. The Morgan fingerprint density at radius 2 is 1.89 bits per heavy atom. The average molecular weight is 306 g/mol. The fourth-order valence-electron chi connectivity index (χ4n) is 1.72. The topological polar surface area (TPSA) is 9.23 Å². The molecular formula is C13H13F3OS2. The zero-order valence-electron chi connectivity index (χ0n) is 10.2. The molecule has 0 radical (unpaired) electrons. The maximum atomic E-state index is 13.0. The summed E-state index contributed by atoms with van der Waals surface area (Å²) in [6, 6.07) is 9.64. The molecular weight excluding hydrogens is 293 g/mol. The van der Waals surface area contributed by atoms with Crippen molar-refractivity contribution in [2.24, 2.45) is 0 Å². The van der Waals surface area contributed by atoms with Crippen LogP contribution < -0.4 is 0 Å². The minimum absolute atomic E-state index is 0.403. The van der Waals surface area contributed by atoms with Gasteiger partial charge in [0.25, 0.3) is 4.27 Å². The van der Waals surface area contributed by atoms with Crippen LogP contribution in [0.2, 0.25) is 0 Å². The molecule has 1 heterocycles. The van der Waals surface area contributed by atoms with Gasteiger partial charge >= 0.3 is 6.18 Å². The fraction of sp³-hybridized carbons (Fsp3) is 0.385. The van der Waals surface area contributed by atoms with Gasteiger partial charge in [-0.1, -0.05) is 53.9 Å². The lowest BCUT2D eigenvalue weighted by Crippen LogP contribution is -2.38. The maximum absolute atomic E-state index is 13.0. The molecule has 1 aromatic rings. The summed E-state index contributed by atoms with van der Waals surface area (Å²) in [5.41, 5.74) is 1.09. The summed E-state index contributed by atoms with van der Waals surface area (Å²) >= 11 is 1.37. The third kappa shape index (κ3) is 3.23. The van der Waals surface area contributed by atoms with E-state index in [1.807, 2.05) is 30.3 Å². The van der Waals surface area contributed by atoms with E-state index in [0.717, 1.165) is 5.56 Å². The Kier molecular flexibility index (Phi) is 4.40. The second-order valence-corrected chi connectivity index (χ2v) is 6.34. The van der Waals surface area contributed by atoms with E-state index in [2.05, 4.69) is 0 Å². The molecule has 1 unspecified atom stereocenters. The lowest BCUT2D eigenvalue weighted by Gasteiger charge is -2.28. The number of alkyl halides is 3. The van der Waals surface area contributed by atoms with E-state index < -0.39 is 10.4 Å². The highest BCUT2D eigenvalue weighted by atomic mass is 32.2. The zero-order chi connectivity index (χ0) is 13.9. The van der Waals surface area contributed by atoms with E-state index >= 15 is 0 Å². The van der Waals surface area contributed by atoms with Gasteiger partial charge in [0.15, 0.2) is 0 Å². The van der Waals surface area contributed by atoms with Crippen LogP contribution in [0.1, 0.15) is 12.0 Å². The average Bonchev–Trinajstić information content (AvgIpc) is 2.82. The van der Waals surface area contributed by atoms with E-state index in [4.69, 9.17) is 4.74 Å². The van der Waals surface area contributed by atoms with Crippen LogP contribution in [-0.4, -0.2) is 16.7 Å². The number of halogens is 3. The van der Waals surface area contributed by atoms with Crippen LogP contribution in [0.15, 0.2) is 41.5 Å². The Hall–Kier alpha value is -0.750. The SMILES string of the molecule is CSC1(C(F)(F)F)OC(CCc2ccccc2)=CS1. The van der Waals surface area contributed by atoms with Crippen LogP contribution in [0.4, 0.5) is 13.2 Å². The quantitative estimate of drug-likeness (QED) is 0.790. The number of hydrogen-bond donors (Lipinski definition) is 0. The molecule has 0 aliphatic carbocycles. The third-order valence-corrected chi connectivity index (χ3v) is 5.38. The minimum Gasteiger partial charge on any atom is -0.461 e. The van der Waals surface area contributed by atoms with Gasteiger partial charge in [-0.2, -0.15) is 13.2 Å². The number of benzene rings is 1. The largest absolute Gasteiger partial charge is 0.461 e. The van der Waals surface area contributed by atoms with Crippen molar-refractivity contribution in [1.82, 2.24) is 0 Å². The minimum atomic E-state index is -4.39. The molecule has 0 spiro atoms. The summed E-state index contributed by atoms with van der Waals surface area (Å²) < 4.78 is 41.8. The molecule has 0 saturated heterocycles.